The maximum absolute atomic E-state index is 12.8. The molecule has 7 heteroatoms. The van der Waals surface area contributed by atoms with E-state index in [1.807, 2.05) is 0 Å². The normalized spacial score (nSPS) is 11.0. The van der Waals surface area contributed by atoms with Crippen LogP contribution in [0.4, 0.5) is 13.2 Å². The van der Waals surface area contributed by atoms with E-state index in [0.717, 1.165) is 5.56 Å². The van der Waals surface area contributed by atoms with E-state index >= 15 is 0 Å². The van der Waals surface area contributed by atoms with Gasteiger partial charge in [-0.25, -0.2) is 4.39 Å². The zero-order valence-corrected chi connectivity index (χ0v) is 13.9. The van der Waals surface area contributed by atoms with Gasteiger partial charge in [0.2, 0.25) is 5.91 Å². The van der Waals surface area contributed by atoms with Gasteiger partial charge in [-0.3, -0.25) is 4.79 Å². The lowest BCUT2D eigenvalue weighted by Gasteiger charge is -2.08. The number of alkyl halides is 2. The van der Waals surface area contributed by atoms with Crippen molar-refractivity contribution in [3.05, 3.63) is 70.0 Å². The third-order valence-corrected chi connectivity index (χ3v) is 3.48. The lowest BCUT2D eigenvalue weighted by molar-refractivity contribution is -0.116. The Labute approximate surface area is 145 Å². The first-order chi connectivity index (χ1) is 11.4. The van der Waals surface area contributed by atoms with E-state index < -0.39 is 12.5 Å². The molecule has 0 unspecified atom stereocenters. The molecule has 0 aliphatic carbocycles. The van der Waals surface area contributed by atoms with Gasteiger partial charge in [0.05, 0.1) is 0 Å². The van der Waals surface area contributed by atoms with Crippen LogP contribution in [0, 0.1) is 5.82 Å². The number of rotatable bonds is 6. The Hall–Kier alpha value is -2.28. The molecule has 2 rings (SSSR count). The number of amides is 1. The molecular weight excluding hydrogens is 387 g/mol. The standard InChI is InChI=1S/C17H13BrF3NO2/c18-13-4-7-15(24-17(20)21)12(9-13)3-8-16(23)22-10-11-1-5-14(19)6-2-11/h1-9,17H,10H2,(H,22,23)/b8-3+. The van der Waals surface area contributed by atoms with Crippen LogP contribution in [0.3, 0.4) is 0 Å². The van der Waals surface area contributed by atoms with Crippen molar-refractivity contribution >= 4 is 27.9 Å². The topological polar surface area (TPSA) is 38.3 Å². The fourth-order valence-electron chi connectivity index (χ4n) is 1.87. The molecule has 0 bridgehead atoms. The number of hydrogen-bond acceptors (Lipinski definition) is 2. The predicted octanol–water partition coefficient (Wildman–Crippen LogP) is 4.52. The predicted molar refractivity (Wildman–Crippen MR) is 88.1 cm³/mol. The third-order valence-electron chi connectivity index (χ3n) is 2.98. The summed E-state index contributed by atoms with van der Waals surface area (Å²) in [5, 5.41) is 2.61. The molecule has 0 fully saturated rings. The Kier molecular flexibility index (Phi) is 6.43. The van der Waals surface area contributed by atoms with Crippen molar-refractivity contribution in [2.24, 2.45) is 0 Å². The smallest absolute Gasteiger partial charge is 0.387 e. The highest BCUT2D eigenvalue weighted by Crippen LogP contribution is 2.25. The Morgan fingerprint density at radius 2 is 1.92 bits per heavy atom. The third kappa shape index (κ3) is 5.73. The maximum atomic E-state index is 12.8. The summed E-state index contributed by atoms with van der Waals surface area (Å²) >= 11 is 3.23. The summed E-state index contributed by atoms with van der Waals surface area (Å²) in [4.78, 5) is 11.8. The van der Waals surface area contributed by atoms with Crippen LogP contribution in [0.5, 0.6) is 5.75 Å². The van der Waals surface area contributed by atoms with Crippen LogP contribution in [-0.2, 0) is 11.3 Å². The van der Waals surface area contributed by atoms with Gasteiger partial charge in [-0.1, -0.05) is 28.1 Å². The van der Waals surface area contributed by atoms with Crippen LogP contribution >= 0.6 is 15.9 Å². The molecule has 0 saturated heterocycles. The lowest BCUT2D eigenvalue weighted by atomic mass is 10.2. The highest BCUT2D eigenvalue weighted by atomic mass is 79.9. The minimum absolute atomic E-state index is 0.0317. The maximum Gasteiger partial charge on any atom is 0.387 e. The van der Waals surface area contributed by atoms with Crippen molar-refractivity contribution in [3.8, 4) is 5.75 Å². The van der Waals surface area contributed by atoms with E-state index in [9.17, 15) is 18.0 Å². The van der Waals surface area contributed by atoms with Crippen LogP contribution in [0.15, 0.2) is 53.0 Å². The molecule has 0 aliphatic heterocycles. The number of hydrogen-bond donors (Lipinski definition) is 1. The SMILES string of the molecule is O=C(/C=C/c1cc(Br)ccc1OC(F)F)NCc1ccc(F)cc1. The summed E-state index contributed by atoms with van der Waals surface area (Å²) in [6.07, 6.45) is 2.59. The molecule has 126 valence electrons. The van der Waals surface area contributed by atoms with Gasteiger partial charge in [0.25, 0.3) is 0 Å². The van der Waals surface area contributed by atoms with Gasteiger partial charge >= 0.3 is 6.61 Å². The Bertz CT molecular complexity index is 733. The molecule has 1 amide bonds. The molecular formula is C17H13BrF3NO2. The summed E-state index contributed by atoms with van der Waals surface area (Å²) < 4.78 is 42.6. The van der Waals surface area contributed by atoms with Crippen molar-refractivity contribution in [1.29, 1.82) is 0 Å². The van der Waals surface area contributed by atoms with Crippen molar-refractivity contribution in [2.75, 3.05) is 0 Å². The van der Waals surface area contributed by atoms with E-state index in [1.54, 1.807) is 24.3 Å². The summed E-state index contributed by atoms with van der Waals surface area (Å²) in [6, 6.07) is 10.2. The average molecular weight is 400 g/mol. The fraction of sp³-hybridized carbons (Fsp3) is 0.118. The van der Waals surface area contributed by atoms with E-state index in [2.05, 4.69) is 26.0 Å². The first-order valence-corrected chi connectivity index (χ1v) is 7.68. The number of nitrogens with one attached hydrogen (secondary N) is 1. The van der Waals surface area contributed by atoms with Crippen molar-refractivity contribution in [3.63, 3.8) is 0 Å². The van der Waals surface area contributed by atoms with Gasteiger partial charge in [-0.05, 0) is 42.0 Å². The Balaban J connectivity index is 2.00. The average Bonchev–Trinajstić information content (AvgIpc) is 2.54. The number of halogens is 4. The van der Waals surface area contributed by atoms with Gasteiger partial charge in [0.15, 0.2) is 0 Å². The van der Waals surface area contributed by atoms with Crippen LogP contribution in [-0.4, -0.2) is 12.5 Å². The molecule has 0 spiro atoms. The molecule has 24 heavy (non-hydrogen) atoms. The van der Waals surface area contributed by atoms with Crippen LogP contribution in [0.1, 0.15) is 11.1 Å². The summed E-state index contributed by atoms with van der Waals surface area (Å²) in [5.41, 5.74) is 1.07. The molecule has 0 aromatic heterocycles. The molecule has 2 aromatic rings. The quantitative estimate of drug-likeness (QED) is 0.725. The van der Waals surface area contributed by atoms with Gasteiger partial charge in [-0.2, -0.15) is 8.78 Å². The van der Waals surface area contributed by atoms with Crippen molar-refractivity contribution in [2.45, 2.75) is 13.2 Å². The number of benzene rings is 2. The molecule has 0 atom stereocenters. The van der Waals surface area contributed by atoms with Crippen LogP contribution in [0.25, 0.3) is 6.08 Å². The van der Waals surface area contributed by atoms with E-state index in [1.165, 1.54) is 30.4 Å². The van der Waals surface area contributed by atoms with E-state index in [-0.39, 0.29) is 18.1 Å². The fourth-order valence-corrected chi connectivity index (χ4v) is 2.25. The van der Waals surface area contributed by atoms with E-state index in [4.69, 9.17) is 0 Å². The van der Waals surface area contributed by atoms with Gasteiger partial charge in [0.1, 0.15) is 11.6 Å². The highest BCUT2D eigenvalue weighted by molar-refractivity contribution is 9.10. The second kappa shape index (κ2) is 8.54. The molecule has 0 saturated carbocycles. The second-order valence-corrected chi connectivity index (χ2v) is 5.65. The van der Waals surface area contributed by atoms with Gasteiger partial charge in [-0.15, -0.1) is 0 Å². The molecule has 0 aliphatic rings. The van der Waals surface area contributed by atoms with Crippen LogP contribution in [0.2, 0.25) is 0 Å². The number of carbonyl (C=O) groups is 1. The summed E-state index contributed by atoms with van der Waals surface area (Å²) in [6.45, 7) is -2.73. The molecule has 0 radical (unpaired) electrons. The van der Waals surface area contributed by atoms with Crippen molar-refractivity contribution < 1.29 is 22.7 Å². The first kappa shape index (κ1) is 18.1. The molecule has 0 heterocycles. The monoisotopic (exact) mass is 399 g/mol. The van der Waals surface area contributed by atoms with Crippen molar-refractivity contribution in [1.82, 2.24) is 5.32 Å². The minimum atomic E-state index is -2.95. The zero-order chi connectivity index (χ0) is 17.5. The van der Waals surface area contributed by atoms with Crippen LogP contribution < -0.4 is 10.1 Å². The largest absolute Gasteiger partial charge is 0.434 e. The second-order valence-electron chi connectivity index (χ2n) is 4.74. The minimum Gasteiger partial charge on any atom is -0.434 e. The zero-order valence-electron chi connectivity index (χ0n) is 12.3. The molecule has 3 nitrogen and oxygen atoms in total. The lowest BCUT2D eigenvalue weighted by Crippen LogP contribution is -2.20. The molecule has 1 N–H and O–H groups in total. The van der Waals surface area contributed by atoms with Gasteiger partial charge in [0, 0.05) is 22.7 Å². The van der Waals surface area contributed by atoms with E-state index in [0.29, 0.717) is 10.0 Å². The number of ether oxygens (including phenoxy) is 1. The highest BCUT2D eigenvalue weighted by Gasteiger charge is 2.08. The Morgan fingerprint density at radius 1 is 1.21 bits per heavy atom. The summed E-state index contributed by atoms with van der Waals surface area (Å²) in [7, 11) is 0. The number of carbonyl (C=O) groups excluding carboxylic acids is 1. The Morgan fingerprint density at radius 3 is 2.58 bits per heavy atom. The first-order valence-electron chi connectivity index (χ1n) is 6.89. The summed E-state index contributed by atoms with van der Waals surface area (Å²) in [5.74, 6) is -0.802. The molecule has 2 aromatic carbocycles. The van der Waals surface area contributed by atoms with Gasteiger partial charge < -0.3 is 10.1 Å².